The van der Waals surface area contributed by atoms with E-state index in [1.165, 1.54) is 5.69 Å². The van der Waals surface area contributed by atoms with Gasteiger partial charge in [-0.15, -0.1) is 11.3 Å². The Bertz CT molecular complexity index is 944. The van der Waals surface area contributed by atoms with Gasteiger partial charge in [-0.05, 0) is 68.4 Å². The Hall–Kier alpha value is -2.15. The Balaban J connectivity index is 1.23. The van der Waals surface area contributed by atoms with E-state index >= 15 is 0 Å². The Morgan fingerprint density at radius 1 is 1.04 bits per heavy atom. The number of thiazole rings is 1. The highest BCUT2D eigenvalue weighted by atomic mass is 32.1. The average molecular weight is 396 g/mol. The van der Waals surface area contributed by atoms with Crippen molar-refractivity contribution in [3.05, 3.63) is 42.5 Å². The van der Waals surface area contributed by atoms with Crippen LogP contribution in [0, 0.1) is 0 Å². The van der Waals surface area contributed by atoms with E-state index in [0.29, 0.717) is 12.2 Å². The van der Waals surface area contributed by atoms with E-state index in [-0.39, 0.29) is 0 Å². The summed E-state index contributed by atoms with van der Waals surface area (Å²) >= 11 is 1.70. The Morgan fingerprint density at radius 2 is 1.82 bits per heavy atom. The van der Waals surface area contributed by atoms with Crippen molar-refractivity contribution in [1.82, 2.24) is 10.3 Å². The SMILES string of the molecule is COc1ccc2nc(-c3ccc(N4CC(OC5CCNCC5)C4)cc3)sc2c1. The monoisotopic (exact) mass is 395 g/mol. The van der Waals surface area contributed by atoms with Crippen molar-refractivity contribution in [1.29, 1.82) is 0 Å². The number of nitrogens with one attached hydrogen (secondary N) is 1. The summed E-state index contributed by atoms with van der Waals surface area (Å²) < 4.78 is 12.7. The molecule has 3 aromatic rings. The molecule has 2 fully saturated rings. The zero-order valence-corrected chi connectivity index (χ0v) is 16.9. The largest absolute Gasteiger partial charge is 0.497 e. The van der Waals surface area contributed by atoms with Gasteiger partial charge in [0, 0.05) is 24.3 Å². The third kappa shape index (κ3) is 3.60. The Morgan fingerprint density at radius 3 is 2.57 bits per heavy atom. The van der Waals surface area contributed by atoms with E-state index in [1.807, 2.05) is 18.2 Å². The van der Waals surface area contributed by atoms with E-state index in [0.717, 1.165) is 65.6 Å². The lowest BCUT2D eigenvalue weighted by Crippen LogP contribution is -2.54. The van der Waals surface area contributed by atoms with Gasteiger partial charge in [-0.3, -0.25) is 0 Å². The Kier molecular flexibility index (Phi) is 4.93. The number of ether oxygens (including phenoxy) is 2. The fourth-order valence-electron chi connectivity index (χ4n) is 3.91. The molecule has 0 amide bonds. The topological polar surface area (TPSA) is 46.6 Å². The first-order valence-corrected chi connectivity index (χ1v) is 10.8. The number of hydrogen-bond acceptors (Lipinski definition) is 6. The van der Waals surface area contributed by atoms with Crippen LogP contribution in [-0.2, 0) is 4.74 Å². The molecule has 0 aliphatic carbocycles. The number of fused-ring (bicyclic) bond motifs is 1. The van der Waals surface area contributed by atoms with Gasteiger partial charge in [-0.25, -0.2) is 4.98 Å². The number of methoxy groups -OCH3 is 1. The maximum Gasteiger partial charge on any atom is 0.124 e. The van der Waals surface area contributed by atoms with E-state index in [9.17, 15) is 0 Å². The van der Waals surface area contributed by atoms with Crippen LogP contribution in [0.4, 0.5) is 5.69 Å². The first-order valence-electron chi connectivity index (χ1n) is 9.94. The lowest BCUT2D eigenvalue weighted by atomic mass is 10.1. The summed E-state index contributed by atoms with van der Waals surface area (Å²) in [5.74, 6) is 0.872. The van der Waals surface area contributed by atoms with E-state index in [2.05, 4.69) is 34.5 Å². The fourth-order valence-corrected chi connectivity index (χ4v) is 4.91. The predicted molar refractivity (Wildman–Crippen MR) is 115 cm³/mol. The molecular weight excluding hydrogens is 370 g/mol. The predicted octanol–water partition coefficient (Wildman–Crippen LogP) is 3.93. The van der Waals surface area contributed by atoms with Crippen LogP contribution in [0.2, 0.25) is 0 Å². The molecule has 0 atom stereocenters. The number of benzene rings is 2. The van der Waals surface area contributed by atoms with Crippen LogP contribution in [0.1, 0.15) is 12.8 Å². The van der Waals surface area contributed by atoms with Crippen molar-refractivity contribution >= 4 is 27.2 Å². The minimum Gasteiger partial charge on any atom is -0.497 e. The van der Waals surface area contributed by atoms with Gasteiger partial charge in [-0.1, -0.05) is 0 Å². The van der Waals surface area contributed by atoms with Crippen molar-refractivity contribution in [2.75, 3.05) is 38.2 Å². The first-order chi connectivity index (χ1) is 13.8. The summed E-state index contributed by atoms with van der Waals surface area (Å²) in [5.41, 5.74) is 3.44. The van der Waals surface area contributed by atoms with Gasteiger partial charge in [0.25, 0.3) is 0 Å². The summed E-state index contributed by atoms with van der Waals surface area (Å²) in [5, 5.41) is 4.44. The van der Waals surface area contributed by atoms with E-state index < -0.39 is 0 Å². The number of piperidine rings is 1. The maximum atomic E-state index is 6.22. The Labute approximate surface area is 169 Å². The number of anilines is 1. The molecular formula is C22H25N3O2S. The summed E-state index contributed by atoms with van der Waals surface area (Å²) in [7, 11) is 1.69. The number of hydrogen-bond donors (Lipinski definition) is 1. The van der Waals surface area contributed by atoms with Crippen LogP contribution >= 0.6 is 11.3 Å². The molecule has 0 radical (unpaired) electrons. The lowest BCUT2D eigenvalue weighted by Gasteiger charge is -2.42. The molecule has 1 N–H and O–H groups in total. The molecule has 5 nitrogen and oxygen atoms in total. The van der Waals surface area contributed by atoms with E-state index in [4.69, 9.17) is 14.5 Å². The van der Waals surface area contributed by atoms with Gasteiger partial charge < -0.3 is 19.7 Å². The molecule has 2 aliphatic rings. The molecule has 1 aromatic heterocycles. The number of aromatic nitrogens is 1. The molecule has 28 heavy (non-hydrogen) atoms. The highest BCUT2D eigenvalue weighted by Gasteiger charge is 2.30. The molecule has 2 saturated heterocycles. The molecule has 2 aliphatic heterocycles. The van der Waals surface area contributed by atoms with Gasteiger partial charge in [0.2, 0.25) is 0 Å². The zero-order valence-electron chi connectivity index (χ0n) is 16.1. The van der Waals surface area contributed by atoms with Crippen molar-refractivity contribution in [3.63, 3.8) is 0 Å². The second-order valence-corrected chi connectivity index (χ2v) is 8.54. The van der Waals surface area contributed by atoms with Crippen LogP contribution in [-0.4, -0.2) is 50.5 Å². The summed E-state index contributed by atoms with van der Waals surface area (Å²) in [6.07, 6.45) is 3.09. The van der Waals surface area contributed by atoms with Gasteiger partial charge in [0.15, 0.2) is 0 Å². The standard InChI is InChI=1S/C22H25N3O2S/c1-26-18-6-7-20-21(12-18)28-22(24-20)15-2-4-16(5-3-15)25-13-19(14-25)27-17-8-10-23-11-9-17/h2-7,12,17,19,23H,8-11,13-14H2,1H3. The van der Waals surface area contributed by atoms with Gasteiger partial charge >= 0.3 is 0 Å². The zero-order chi connectivity index (χ0) is 18.9. The highest BCUT2D eigenvalue weighted by molar-refractivity contribution is 7.21. The fraction of sp³-hybridized carbons (Fsp3) is 0.409. The molecule has 5 rings (SSSR count). The third-order valence-electron chi connectivity index (χ3n) is 5.59. The van der Waals surface area contributed by atoms with Gasteiger partial charge in [0.05, 0.1) is 29.5 Å². The quantitative estimate of drug-likeness (QED) is 0.709. The van der Waals surface area contributed by atoms with E-state index in [1.54, 1.807) is 18.4 Å². The van der Waals surface area contributed by atoms with Crippen LogP contribution in [0.3, 0.4) is 0 Å². The summed E-state index contributed by atoms with van der Waals surface area (Å²) in [6.45, 7) is 4.15. The maximum absolute atomic E-state index is 6.22. The normalized spacial score (nSPS) is 18.4. The minimum atomic E-state index is 0.377. The number of nitrogens with zero attached hydrogens (tertiary/aromatic N) is 2. The molecule has 0 unspecified atom stereocenters. The van der Waals surface area contributed by atoms with Crippen LogP contribution in [0.5, 0.6) is 5.75 Å². The van der Waals surface area contributed by atoms with Gasteiger partial charge in [0.1, 0.15) is 10.8 Å². The number of rotatable bonds is 5. The molecule has 0 spiro atoms. The highest BCUT2D eigenvalue weighted by Crippen LogP contribution is 2.34. The van der Waals surface area contributed by atoms with Crippen LogP contribution in [0.25, 0.3) is 20.8 Å². The molecule has 0 bridgehead atoms. The molecule has 0 saturated carbocycles. The van der Waals surface area contributed by atoms with Crippen molar-refractivity contribution in [2.24, 2.45) is 0 Å². The van der Waals surface area contributed by atoms with Crippen molar-refractivity contribution in [2.45, 2.75) is 25.0 Å². The molecule has 6 heteroatoms. The molecule has 146 valence electrons. The van der Waals surface area contributed by atoms with Gasteiger partial charge in [-0.2, -0.15) is 0 Å². The third-order valence-corrected chi connectivity index (χ3v) is 6.66. The van der Waals surface area contributed by atoms with Crippen LogP contribution < -0.4 is 15.0 Å². The average Bonchev–Trinajstić information content (AvgIpc) is 3.14. The van der Waals surface area contributed by atoms with Crippen molar-refractivity contribution in [3.8, 4) is 16.3 Å². The summed E-state index contributed by atoms with van der Waals surface area (Å²) in [6, 6.07) is 14.8. The first kappa shape index (κ1) is 17.9. The smallest absolute Gasteiger partial charge is 0.124 e. The van der Waals surface area contributed by atoms with Crippen LogP contribution in [0.15, 0.2) is 42.5 Å². The lowest BCUT2D eigenvalue weighted by molar-refractivity contribution is -0.0384. The summed E-state index contributed by atoms with van der Waals surface area (Å²) in [4.78, 5) is 7.16. The minimum absolute atomic E-state index is 0.377. The second-order valence-electron chi connectivity index (χ2n) is 7.51. The molecule has 3 heterocycles. The van der Waals surface area contributed by atoms with Crippen molar-refractivity contribution < 1.29 is 9.47 Å². The second kappa shape index (κ2) is 7.70. The molecule has 2 aromatic carbocycles.